The predicted octanol–water partition coefficient (Wildman–Crippen LogP) is 4.38. The summed E-state index contributed by atoms with van der Waals surface area (Å²) in [5, 5.41) is 11.8. The van der Waals surface area contributed by atoms with Crippen LogP contribution in [0.2, 0.25) is 0 Å². The van der Waals surface area contributed by atoms with Crippen LogP contribution in [-0.4, -0.2) is 27.6 Å². The minimum atomic E-state index is -0.696. The van der Waals surface area contributed by atoms with Gasteiger partial charge in [-0.1, -0.05) is 45.3 Å². The van der Waals surface area contributed by atoms with E-state index in [1.165, 1.54) is 12.8 Å². The first-order chi connectivity index (χ1) is 11.2. The van der Waals surface area contributed by atoms with Crippen molar-refractivity contribution in [1.29, 1.82) is 0 Å². The molecule has 0 aliphatic rings. The van der Waals surface area contributed by atoms with Crippen molar-refractivity contribution in [2.75, 3.05) is 11.9 Å². The van der Waals surface area contributed by atoms with E-state index < -0.39 is 5.97 Å². The summed E-state index contributed by atoms with van der Waals surface area (Å²) in [7, 11) is 0. The summed E-state index contributed by atoms with van der Waals surface area (Å²) in [5.74, 6) is -0.0793. The number of aliphatic carboxylic acids is 1. The maximum atomic E-state index is 10.4. The second-order valence-electron chi connectivity index (χ2n) is 5.49. The molecule has 0 aliphatic carbocycles. The number of anilines is 1. The van der Waals surface area contributed by atoms with Gasteiger partial charge >= 0.3 is 5.97 Å². The van der Waals surface area contributed by atoms with E-state index in [-0.39, 0.29) is 0 Å². The smallest absolute Gasteiger partial charge is 0.303 e. The lowest BCUT2D eigenvalue weighted by Crippen LogP contribution is -2.06. The number of carboxylic acids is 1. The molecule has 5 heteroatoms. The monoisotopic (exact) mass is 317 g/mol. The highest BCUT2D eigenvalue weighted by Crippen LogP contribution is 2.10. The number of nitrogens with zero attached hydrogens (tertiary/aromatic N) is 2. The zero-order chi connectivity index (χ0) is 16.9. The van der Waals surface area contributed by atoms with E-state index in [1.54, 1.807) is 12.2 Å². The Balaban J connectivity index is 2.10. The van der Waals surface area contributed by atoms with Gasteiger partial charge in [-0.3, -0.25) is 4.79 Å². The Morgan fingerprint density at radius 2 is 1.52 bits per heavy atom. The van der Waals surface area contributed by atoms with Crippen molar-refractivity contribution in [3.8, 4) is 0 Å². The number of unbranched alkanes of at least 4 members (excludes halogenated alkanes) is 6. The van der Waals surface area contributed by atoms with Crippen molar-refractivity contribution >= 4 is 24.1 Å². The fourth-order valence-corrected chi connectivity index (χ4v) is 2.26. The third kappa shape index (κ3) is 8.76. The summed E-state index contributed by atoms with van der Waals surface area (Å²) < 4.78 is 0. The van der Waals surface area contributed by atoms with Gasteiger partial charge in [0.05, 0.1) is 11.4 Å². The van der Waals surface area contributed by atoms with Crippen LogP contribution >= 0.6 is 0 Å². The van der Waals surface area contributed by atoms with E-state index >= 15 is 0 Å². The van der Waals surface area contributed by atoms with Gasteiger partial charge in [-0.2, -0.15) is 0 Å². The minimum absolute atomic E-state index is 0.292. The maximum absolute atomic E-state index is 10.4. The third-order valence-electron chi connectivity index (χ3n) is 3.53. The molecule has 23 heavy (non-hydrogen) atoms. The zero-order valence-corrected chi connectivity index (χ0v) is 13.8. The number of rotatable bonds is 13. The van der Waals surface area contributed by atoms with Gasteiger partial charge in [0.15, 0.2) is 0 Å². The summed E-state index contributed by atoms with van der Waals surface area (Å²) in [6.45, 7) is 8.29. The molecule has 0 amide bonds. The average Bonchev–Trinajstić information content (AvgIpc) is 2.55. The Labute approximate surface area is 138 Å². The van der Waals surface area contributed by atoms with E-state index in [2.05, 4.69) is 28.4 Å². The summed E-state index contributed by atoms with van der Waals surface area (Å²) >= 11 is 0. The second-order valence-corrected chi connectivity index (χ2v) is 5.49. The predicted molar refractivity (Wildman–Crippen MR) is 95.3 cm³/mol. The molecule has 1 aromatic rings. The van der Waals surface area contributed by atoms with Gasteiger partial charge in [0.1, 0.15) is 0 Å². The quantitative estimate of drug-likeness (QED) is 0.528. The molecule has 1 heterocycles. The van der Waals surface area contributed by atoms with Crippen LogP contribution in [0.3, 0.4) is 0 Å². The normalized spacial score (nSPS) is 10.3. The Morgan fingerprint density at radius 3 is 2.04 bits per heavy atom. The van der Waals surface area contributed by atoms with Gasteiger partial charge < -0.3 is 10.4 Å². The summed E-state index contributed by atoms with van der Waals surface area (Å²) in [6, 6.07) is 1.84. The molecule has 1 aromatic heterocycles. The van der Waals surface area contributed by atoms with E-state index in [0.29, 0.717) is 12.4 Å². The lowest BCUT2D eigenvalue weighted by atomic mass is 10.1. The summed E-state index contributed by atoms with van der Waals surface area (Å²) in [4.78, 5) is 19.1. The number of carbonyl (C=O) groups is 1. The Morgan fingerprint density at radius 1 is 1.00 bits per heavy atom. The van der Waals surface area contributed by atoms with Crippen LogP contribution < -0.4 is 5.32 Å². The van der Waals surface area contributed by atoms with Crippen LogP contribution in [-0.2, 0) is 4.79 Å². The van der Waals surface area contributed by atoms with E-state index in [9.17, 15) is 4.79 Å². The molecular weight excluding hydrogens is 290 g/mol. The SMILES string of the molecule is C=Cc1cc(C=C)nc(NCCCCCCCCCC(=O)O)n1. The molecule has 0 unspecified atom stereocenters. The molecule has 0 aromatic carbocycles. The topological polar surface area (TPSA) is 75.1 Å². The molecule has 0 atom stereocenters. The Kier molecular flexibility index (Phi) is 9.36. The van der Waals surface area contributed by atoms with Gasteiger partial charge in [0.2, 0.25) is 5.95 Å². The van der Waals surface area contributed by atoms with E-state index in [4.69, 9.17) is 5.11 Å². The molecule has 5 nitrogen and oxygen atoms in total. The molecule has 2 N–H and O–H groups in total. The highest BCUT2D eigenvalue weighted by atomic mass is 16.4. The summed E-state index contributed by atoms with van der Waals surface area (Å²) in [6.07, 6.45) is 11.2. The molecule has 0 saturated carbocycles. The highest BCUT2D eigenvalue weighted by Gasteiger charge is 2.00. The van der Waals surface area contributed by atoms with Gasteiger partial charge in [-0.05, 0) is 31.1 Å². The first-order valence-electron chi connectivity index (χ1n) is 8.25. The lowest BCUT2D eigenvalue weighted by Gasteiger charge is -2.07. The van der Waals surface area contributed by atoms with Crippen molar-refractivity contribution < 1.29 is 9.90 Å². The van der Waals surface area contributed by atoms with Gasteiger partial charge in [0.25, 0.3) is 0 Å². The minimum Gasteiger partial charge on any atom is -0.481 e. The first-order valence-corrected chi connectivity index (χ1v) is 8.25. The molecule has 1 rings (SSSR count). The standard InChI is InChI=1S/C18H27N3O2/c1-3-15-14-16(4-2)21-18(20-15)19-13-11-9-7-5-6-8-10-12-17(22)23/h3-4,14H,1-2,5-13H2,(H,22,23)(H,19,20,21). The van der Waals surface area contributed by atoms with Crippen LogP contribution in [0.15, 0.2) is 19.2 Å². The van der Waals surface area contributed by atoms with Crippen molar-refractivity contribution in [2.45, 2.75) is 51.4 Å². The molecule has 0 bridgehead atoms. The fourth-order valence-electron chi connectivity index (χ4n) is 2.26. The summed E-state index contributed by atoms with van der Waals surface area (Å²) in [5.41, 5.74) is 1.58. The Hall–Kier alpha value is -2.17. The van der Waals surface area contributed by atoms with Crippen LogP contribution in [0.4, 0.5) is 5.95 Å². The Bertz CT molecular complexity index is 489. The van der Waals surface area contributed by atoms with Crippen LogP contribution in [0, 0.1) is 0 Å². The molecular formula is C18H27N3O2. The van der Waals surface area contributed by atoms with Gasteiger partial charge in [-0.25, -0.2) is 9.97 Å². The molecule has 0 radical (unpaired) electrons. The maximum Gasteiger partial charge on any atom is 0.303 e. The number of nitrogens with one attached hydrogen (secondary N) is 1. The van der Waals surface area contributed by atoms with Crippen molar-refractivity contribution in [1.82, 2.24) is 9.97 Å². The third-order valence-corrected chi connectivity index (χ3v) is 3.53. The molecule has 126 valence electrons. The molecule has 0 aliphatic heterocycles. The number of carboxylic acid groups (broad SMARTS) is 1. The number of hydrogen-bond donors (Lipinski definition) is 2. The molecule has 0 saturated heterocycles. The number of hydrogen-bond acceptors (Lipinski definition) is 4. The van der Waals surface area contributed by atoms with Crippen molar-refractivity contribution in [3.05, 3.63) is 30.6 Å². The highest BCUT2D eigenvalue weighted by molar-refractivity contribution is 5.66. The van der Waals surface area contributed by atoms with Crippen LogP contribution in [0.1, 0.15) is 62.8 Å². The van der Waals surface area contributed by atoms with E-state index in [0.717, 1.165) is 50.0 Å². The van der Waals surface area contributed by atoms with E-state index in [1.807, 2.05) is 6.07 Å². The van der Waals surface area contributed by atoms with Crippen molar-refractivity contribution in [2.24, 2.45) is 0 Å². The van der Waals surface area contributed by atoms with Crippen LogP contribution in [0.5, 0.6) is 0 Å². The molecule has 0 spiro atoms. The second kappa shape index (κ2) is 11.4. The number of aromatic nitrogens is 2. The average molecular weight is 317 g/mol. The zero-order valence-electron chi connectivity index (χ0n) is 13.8. The van der Waals surface area contributed by atoms with Gasteiger partial charge in [-0.15, -0.1) is 0 Å². The lowest BCUT2D eigenvalue weighted by molar-refractivity contribution is -0.137. The van der Waals surface area contributed by atoms with Crippen molar-refractivity contribution in [3.63, 3.8) is 0 Å². The first kappa shape index (κ1) is 18.9. The molecule has 0 fully saturated rings. The van der Waals surface area contributed by atoms with Gasteiger partial charge in [0, 0.05) is 13.0 Å². The largest absolute Gasteiger partial charge is 0.481 e. The fraction of sp³-hybridized carbons (Fsp3) is 0.500. The van der Waals surface area contributed by atoms with Crippen LogP contribution in [0.25, 0.3) is 12.2 Å².